The van der Waals surface area contributed by atoms with E-state index < -0.39 is 0 Å². The number of methoxy groups -OCH3 is 1. The maximum absolute atomic E-state index is 12.1. The Morgan fingerprint density at radius 2 is 2.14 bits per heavy atom. The summed E-state index contributed by atoms with van der Waals surface area (Å²) in [6, 6.07) is 5.71. The van der Waals surface area contributed by atoms with Crippen LogP contribution in [0.3, 0.4) is 0 Å². The van der Waals surface area contributed by atoms with Crippen molar-refractivity contribution in [2.24, 2.45) is 0 Å². The van der Waals surface area contributed by atoms with Crippen LogP contribution in [0.2, 0.25) is 0 Å². The van der Waals surface area contributed by atoms with Gasteiger partial charge in [0, 0.05) is 42.2 Å². The van der Waals surface area contributed by atoms with Crippen LogP contribution in [-0.4, -0.2) is 39.3 Å². The van der Waals surface area contributed by atoms with Gasteiger partial charge in [-0.05, 0) is 25.1 Å². The third kappa shape index (κ3) is 4.06. The van der Waals surface area contributed by atoms with Crippen LogP contribution >= 0.6 is 15.9 Å². The summed E-state index contributed by atoms with van der Waals surface area (Å²) in [5, 5.41) is 6.96. The van der Waals surface area contributed by atoms with Gasteiger partial charge in [-0.1, -0.05) is 15.9 Å². The summed E-state index contributed by atoms with van der Waals surface area (Å²) in [5.74, 6) is 0.188. The number of carbonyl (C=O) groups is 1. The standard InChI is InChI=1S/C15H19BrN2O3/c1-10-12-9-11(16)3-4-13(12)21-14(10)15(19)18-6-5-17-7-8-20-2/h3-4,9,17H,5-8H2,1-2H3,(H,18,19). The molecule has 1 aromatic carbocycles. The molecule has 0 spiro atoms. The van der Waals surface area contributed by atoms with Gasteiger partial charge in [-0.2, -0.15) is 0 Å². The van der Waals surface area contributed by atoms with E-state index in [-0.39, 0.29) is 5.91 Å². The number of hydrogen-bond donors (Lipinski definition) is 2. The number of halogens is 1. The Hall–Kier alpha value is -1.37. The van der Waals surface area contributed by atoms with Crippen LogP contribution < -0.4 is 10.6 Å². The molecule has 21 heavy (non-hydrogen) atoms. The Morgan fingerprint density at radius 3 is 2.90 bits per heavy atom. The lowest BCUT2D eigenvalue weighted by atomic mass is 10.1. The average molecular weight is 355 g/mol. The number of ether oxygens (including phenoxy) is 1. The second kappa shape index (κ2) is 7.59. The molecule has 2 rings (SSSR count). The topological polar surface area (TPSA) is 63.5 Å². The number of rotatable bonds is 7. The lowest BCUT2D eigenvalue weighted by Gasteiger charge is -2.05. The lowest BCUT2D eigenvalue weighted by Crippen LogP contribution is -2.33. The summed E-state index contributed by atoms with van der Waals surface area (Å²) in [7, 11) is 1.66. The highest BCUT2D eigenvalue weighted by molar-refractivity contribution is 9.10. The monoisotopic (exact) mass is 354 g/mol. The molecule has 0 aliphatic heterocycles. The molecule has 0 radical (unpaired) electrons. The van der Waals surface area contributed by atoms with Crippen LogP contribution in [0.5, 0.6) is 0 Å². The number of nitrogens with one attached hydrogen (secondary N) is 2. The minimum Gasteiger partial charge on any atom is -0.451 e. The van der Waals surface area contributed by atoms with Crippen LogP contribution in [-0.2, 0) is 4.74 Å². The van der Waals surface area contributed by atoms with Crippen molar-refractivity contribution in [2.45, 2.75) is 6.92 Å². The fraction of sp³-hybridized carbons (Fsp3) is 0.400. The number of benzene rings is 1. The van der Waals surface area contributed by atoms with E-state index in [0.29, 0.717) is 25.5 Å². The molecule has 0 fully saturated rings. The lowest BCUT2D eigenvalue weighted by molar-refractivity contribution is 0.0927. The zero-order valence-electron chi connectivity index (χ0n) is 12.2. The molecule has 1 amide bonds. The Morgan fingerprint density at radius 1 is 1.33 bits per heavy atom. The second-order valence-electron chi connectivity index (χ2n) is 4.70. The average Bonchev–Trinajstić information content (AvgIpc) is 2.79. The SMILES string of the molecule is COCCNCCNC(=O)c1oc2ccc(Br)cc2c1C. The quantitative estimate of drug-likeness (QED) is 0.749. The van der Waals surface area contributed by atoms with Crippen molar-refractivity contribution in [3.05, 3.63) is 34.0 Å². The number of aryl methyl sites for hydroxylation is 1. The van der Waals surface area contributed by atoms with E-state index in [1.54, 1.807) is 7.11 Å². The van der Waals surface area contributed by atoms with Gasteiger partial charge in [0.1, 0.15) is 5.58 Å². The van der Waals surface area contributed by atoms with Crippen molar-refractivity contribution in [2.75, 3.05) is 33.4 Å². The Kier molecular flexibility index (Phi) is 5.78. The summed E-state index contributed by atoms with van der Waals surface area (Å²) < 4.78 is 11.5. The minimum atomic E-state index is -0.187. The molecular weight excluding hydrogens is 336 g/mol. The first-order valence-electron chi connectivity index (χ1n) is 6.80. The van der Waals surface area contributed by atoms with E-state index >= 15 is 0 Å². The Labute approximate surface area is 132 Å². The normalized spacial score (nSPS) is 11.0. The highest BCUT2D eigenvalue weighted by atomic mass is 79.9. The first-order valence-corrected chi connectivity index (χ1v) is 7.59. The number of carbonyl (C=O) groups excluding carboxylic acids is 1. The number of fused-ring (bicyclic) bond motifs is 1. The van der Waals surface area contributed by atoms with Gasteiger partial charge in [-0.3, -0.25) is 4.79 Å². The largest absolute Gasteiger partial charge is 0.451 e. The second-order valence-corrected chi connectivity index (χ2v) is 5.61. The molecule has 2 N–H and O–H groups in total. The molecule has 0 bridgehead atoms. The van der Waals surface area contributed by atoms with Crippen molar-refractivity contribution in [3.63, 3.8) is 0 Å². The molecule has 0 aliphatic carbocycles. The molecule has 1 heterocycles. The first kappa shape index (κ1) is 16.0. The fourth-order valence-electron chi connectivity index (χ4n) is 2.05. The molecule has 2 aromatic rings. The molecular formula is C15H19BrN2O3. The smallest absolute Gasteiger partial charge is 0.287 e. The van der Waals surface area contributed by atoms with E-state index in [1.807, 2.05) is 25.1 Å². The fourth-order valence-corrected chi connectivity index (χ4v) is 2.41. The van der Waals surface area contributed by atoms with Crippen LogP contribution in [0.1, 0.15) is 16.1 Å². The van der Waals surface area contributed by atoms with E-state index in [2.05, 4.69) is 26.6 Å². The van der Waals surface area contributed by atoms with Crippen LogP contribution in [0, 0.1) is 6.92 Å². The highest BCUT2D eigenvalue weighted by Gasteiger charge is 2.17. The molecule has 0 saturated carbocycles. The van der Waals surface area contributed by atoms with Crippen LogP contribution in [0.4, 0.5) is 0 Å². The van der Waals surface area contributed by atoms with E-state index in [9.17, 15) is 4.79 Å². The van der Waals surface area contributed by atoms with Crippen molar-refractivity contribution >= 4 is 32.8 Å². The Bertz CT molecular complexity index is 625. The van der Waals surface area contributed by atoms with Crippen molar-refractivity contribution in [1.82, 2.24) is 10.6 Å². The van der Waals surface area contributed by atoms with Gasteiger partial charge in [0.2, 0.25) is 0 Å². The molecule has 6 heteroatoms. The van der Waals surface area contributed by atoms with Gasteiger partial charge in [-0.15, -0.1) is 0 Å². The Balaban J connectivity index is 1.95. The van der Waals surface area contributed by atoms with Crippen LogP contribution in [0.15, 0.2) is 27.1 Å². The van der Waals surface area contributed by atoms with Crippen molar-refractivity contribution in [1.29, 1.82) is 0 Å². The zero-order chi connectivity index (χ0) is 15.2. The summed E-state index contributed by atoms with van der Waals surface area (Å²) in [5.41, 5.74) is 1.58. The summed E-state index contributed by atoms with van der Waals surface area (Å²) in [6.45, 7) is 4.56. The predicted molar refractivity (Wildman–Crippen MR) is 85.7 cm³/mol. The number of furan rings is 1. The molecule has 0 atom stereocenters. The first-order chi connectivity index (χ1) is 10.1. The molecule has 0 saturated heterocycles. The minimum absolute atomic E-state index is 0.187. The van der Waals surface area contributed by atoms with Gasteiger partial charge >= 0.3 is 0 Å². The van der Waals surface area contributed by atoms with Gasteiger partial charge in [-0.25, -0.2) is 0 Å². The van der Waals surface area contributed by atoms with Gasteiger partial charge < -0.3 is 19.8 Å². The molecule has 0 aliphatic rings. The summed E-state index contributed by atoms with van der Waals surface area (Å²) in [4.78, 5) is 12.1. The molecule has 114 valence electrons. The van der Waals surface area contributed by atoms with Crippen LogP contribution in [0.25, 0.3) is 11.0 Å². The maximum Gasteiger partial charge on any atom is 0.287 e. The van der Waals surface area contributed by atoms with Gasteiger partial charge in [0.15, 0.2) is 5.76 Å². The zero-order valence-corrected chi connectivity index (χ0v) is 13.7. The molecule has 1 aromatic heterocycles. The van der Waals surface area contributed by atoms with Gasteiger partial charge in [0.25, 0.3) is 5.91 Å². The predicted octanol–water partition coefficient (Wildman–Crippen LogP) is 2.47. The molecule has 0 unspecified atom stereocenters. The van der Waals surface area contributed by atoms with Gasteiger partial charge in [0.05, 0.1) is 6.61 Å². The number of amides is 1. The maximum atomic E-state index is 12.1. The van der Waals surface area contributed by atoms with Crippen molar-refractivity contribution in [3.8, 4) is 0 Å². The third-order valence-electron chi connectivity index (χ3n) is 3.17. The van der Waals surface area contributed by atoms with E-state index in [0.717, 1.165) is 27.6 Å². The number of hydrogen-bond acceptors (Lipinski definition) is 4. The van der Waals surface area contributed by atoms with Crippen molar-refractivity contribution < 1.29 is 13.9 Å². The third-order valence-corrected chi connectivity index (χ3v) is 3.67. The molecule has 5 nitrogen and oxygen atoms in total. The van der Waals surface area contributed by atoms with E-state index in [4.69, 9.17) is 9.15 Å². The highest BCUT2D eigenvalue weighted by Crippen LogP contribution is 2.27. The summed E-state index contributed by atoms with van der Waals surface area (Å²) in [6.07, 6.45) is 0. The van der Waals surface area contributed by atoms with E-state index in [1.165, 1.54) is 0 Å². The summed E-state index contributed by atoms with van der Waals surface area (Å²) >= 11 is 3.42.